The zero-order valence-corrected chi connectivity index (χ0v) is 20.6. The van der Waals surface area contributed by atoms with Crippen LogP contribution in [0, 0.1) is 0 Å². The number of aromatic nitrogens is 2. The number of hydrogen-bond donors (Lipinski definition) is 3. The number of anilines is 1. The normalized spacial score (nSPS) is 19.5. The third-order valence-electron chi connectivity index (χ3n) is 5.67. The topological polar surface area (TPSA) is 173 Å². The minimum atomic E-state index is -1.28. The number of nitrogen functional groups attached to an aromatic ring is 1. The predicted octanol–water partition coefficient (Wildman–Crippen LogP) is 2.13. The van der Waals surface area contributed by atoms with Crippen molar-refractivity contribution in [3.05, 3.63) is 45.9 Å². The number of carbonyl (C=O) groups excluding carboxylic acids is 2. The van der Waals surface area contributed by atoms with Gasteiger partial charge in [0.15, 0.2) is 16.4 Å². The van der Waals surface area contributed by atoms with E-state index in [-0.39, 0.29) is 34.1 Å². The van der Waals surface area contributed by atoms with Crippen molar-refractivity contribution in [3.8, 4) is 0 Å². The highest BCUT2D eigenvalue weighted by molar-refractivity contribution is 8.02. The van der Waals surface area contributed by atoms with Crippen LogP contribution in [0.2, 0.25) is 0 Å². The molecule has 15 heteroatoms. The van der Waals surface area contributed by atoms with Crippen LogP contribution in [0.25, 0.3) is 11.1 Å². The molecule has 2 atom stereocenters. The quantitative estimate of drug-likeness (QED) is 0.156. The van der Waals surface area contributed by atoms with Gasteiger partial charge in [-0.1, -0.05) is 17.3 Å². The maximum Gasteiger partial charge on any atom is 0.353 e. The summed E-state index contributed by atoms with van der Waals surface area (Å²) in [5.74, 6) is -2.65. The van der Waals surface area contributed by atoms with Crippen LogP contribution >= 0.6 is 23.1 Å². The number of alkyl halides is 1. The van der Waals surface area contributed by atoms with Crippen LogP contribution in [-0.4, -0.2) is 68.8 Å². The standard InChI is InChI=1S/C22H19FN6O6S2/c23-7-8-34-28-15(11-9-36-21(24)25-11)18(30)27-16-12-5-6-14(17(20(32)33)29(12)19(16)31)37-22-26-10-3-1-2-4-13(10)35-22/h1-4,9,12,16H,5-8H2,(H2,24,25)(H,27,30)(H,32,33)/b28-15+/t12-,16+/m1/s1. The van der Waals surface area contributed by atoms with Gasteiger partial charge in [-0.3, -0.25) is 14.5 Å². The maximum absolute atomic E-state index is 13.0. The van der Waals surface area contributed by atoms with Crippen molar-refractivity contribution in [2.45, 2.75) is 30.1 Å². The van der Waals surface area contributed by atoms with Gasteiger partial charge in [-0.2, -0.15) is 0 Å². The number of halogens is 1. The molecule has 37 heavy (non-hydrogen) atoms. The monoisotopic (exact) mass is 546 g/mol. The minimum absolute atomic E-state index is 0.106. The molecule has 2 aliphatic heterocycles. The molecule has 4 N–H and O–H groups in total. The first-order valence-corrected chi connectivity index (χ1v) is 12.7. The van der Waals surface area contributed by atoms with Crippen LogP contribution in [0.3, 0.4) is 0 Å². The molecule has 4 heterocycles. The van der Waals surface area contributed by atoms with Gasteiger partial charge in [-0.15, -0.1) is 11.3 Å². The van der Waals surface area contributed by atoms with Gasteiger partial charge in [-0.05, 0) is 36.7 Å². The van der Waals surface area contributed by atoms with Crippen molar-refractivity contribution in [3.63, 3.8) is 0 Å². The SMILES string of the molecule is Nc1nc(/C(=N\OCCF)C(=O)N[C@@H]2C(=O)N3C(C(=O)O)=C(Sc4nc5ccccc5o4)CC[C@H]23)cs1. The molecule has 12 nitrogen and oxygen atoms in total. The number of para-hydroxylation sites is 2. The van der Waals surface area contributed by atoms with E-state index in [9.17, 15) is 23.9 Å². The third kappa shape index (κ3) is 4.74. The summed E-state index contributed by atoms with van der Waals surface area (Å²) in [6, 6.07) is 5.58. The Hall–Kier alpha value is -3.98. The first-order chi connectivity index (χ1) is 17.9. The molecule has 3 aromatic rings. The Morgan fingerprint density at radius 2 is 2.19 bits per heavy atom. The number of thiazole rings is 1. The summed E-state index contributed by atoms with van der Waals surface area (Å²) >= 11 is 2.12. The van der Waals surface area contributed by atoms with Crippen LogP contribution in [0.15, 0.2) is 55.0 Å². The number of amides is 2. The molecule has 0 spiro atoms. The van der Waals surface area contributed by atoms with Crippen LogP contribution in [0.1, 0.15) is 18.5 Å². The fourth-order valence-corrected chi connectivity index (χ4v) is 5.62. The Balaban J connectivity index is 1.34. The molecule has 192 valence electrons. The molecule has 5 rings (SSSR count). The fraction of sp³-hybridized carbons (Fsp3) is 0.273. The largest absolute Gasteiger partial charge is 0.477 e. The number of β-lactam (4-membered cyclic amide) rings is 1. The van der Waals surface area contributed by atoms with Crippen LogP contribution in [0.5, 0.6) is 0 Å². The maximum atomic E-state index is 13.0. The van der Waals surface area contributed by atoms with E-state index < -0.39 is 36.5 Å². The molecule has 1 fully saturated rings. The number of nitrogens with zero attached hydrogens (tertiary/aromatic N) is 4. The van der Waals surface area contributed by atoms with Crippen LogP contribution in [0.4, 0.5) is 9.52 Å². The molecule has 2 aromatic heterocycles. The van der Waals surface area contributed by atoms with Gasteiger partial charge in [0, 0.05) is 10.3 Å². The lowest BCUT2D eigenvalue weighted by atomic mass is 9.86. The molecule has 0 bridgehead atoms. The van der Waals surface area contributed by atoms with Crippen LogP contribution in [-0.2, 0) is 19.2 Å². The highest BCUT2D eigenvalue weighted by Gasteiger charge is 2.54. The second kappa shape index (κ2) is 10.2. The number of thioether (sulfide) groups is 1. The number of carboxylic acid groups (broad SMARTS) is 1. The summed E-state index contributed by atoms with van der Waals surface area (Å²) in [6.07, 6.45) is 0.722. The lowest BCUT2D eigenvalue weighted by Crippen LogP contribution is -2.72. The van der Waals surface area contributed by atoms with E-state index in [4.69, 9.17) is 15.0 Å². The fourth-order valence-electron chi connectivity index (χ4n) is 4.08. The highest BCUT2D eigenvalue weighted by atomic mass is 32.2. The average molecular weight is 547 g/mol. The van der Waals surface area contributed by atoms with Gasteiger partial charge in [0.05, 0.1) is 6.04 Å². The summed E-state index contributed by atoms with van der Waals surface area (Å²) in [4.78, 5) is 52.9. The molecule has 0 aliphatic carbocycles. The van der Waals surface area contributed by atoms with Gasteiger partial charge < -0.3 is 25.4 Å². The number of carbonyl (C=O) groups is 3. The molecule has 2 aliphatic rings. The Morgan fingerprint density at radius 1 is 1.38 bits per heavy atom. The lowest BCUT2D eigenvalue weighted by molar-refractivity contribution is -0.155. The van der Waals surface area contributed by atoms with E-state index >= 15 is 0 Å². The number of hydrogen-bond acceptors (Lipinski definition) is 11. The third-order valence-corrected chi connectivity index (χ3v) is 7.34. The number of allylic oxidation sites excluding steroid dienone is 1. The Bertz CT molecular complexity index is 1420. The second-order valence-corrected chi connectivity index (χ2v) is 9.86. The van der Waals surface area contributed by atoms with Gasteiger partial charge in [0.25, 0.3) is 17.0 Å². The van der Waals surface area contributed by atoms with Gasteiger partial charge in [0.2, 0.25) is 0 Å². The molecular formula is C22H19FN6O6S2. The second-order valence-electron chi connectivity index (χ2n) is 7.92. The number of carboxylic acids is 1. The zero-order valence-electron chi connectivity index (χ0n) is 18.9. The summed E-state index contributed by atoms with van der Waals surface area (Å²) in [5.41, 5.74) is 6.49. The summed E-state index contributed by atoms with van der Waals surface area (Å²) in [5, 5.41) is 18.1. The van der Waals surface area contributed by atoms with Crippen molar-refractivity contribution in [1.29, 1.82) is 0 Å². The number of benzene rings is 1. The van der Waals surface area contributed by atoms with Gasteiger partial charge in [0.1, 0.15) is 36.2 Å². The number of rotatable bonds is 9. The van der Waals surface area contributed by atoms with Crippen molar-refractivity contribution >= 4 is 62.8 Å². The number of fused-ring (bicyclic) bond motifs is 2. The van der Waals surface area contributed by atoms with Crippen molar-refractivity contribution in [1.82, 2.24) is 20.2 Å². The van der Waals surface area contributed by atoms with Crippen LogP contribution < -0.4 is 11.1 Å². The number of oxime groups is 1. The van der Waals surface area contributed by atoms with E-state index in [1.807, 2.05) is 6.07 Å². The molecule has 2 amide bonds. The summed E-state index contributed by atoms with van der Waals surface area (Å²) in [6.45, 7) is -1.19. The first kappa shape index (κ1) is 24.7. The number of oxazole rings is 1. The zero-order chi connectivity index (χ0) is 26.1. The van der Waals surface area contributed by atoms with Gasteiger partial charge >= 0.3 is 5.97 Å². The summed E-state index contributed by atoms with van der Waals surface area (Å²) in [7, 11) is 0. The van der Waals surface area contributed by atoms with E-state index in [0.717, 1.165) is 23.1 Å². The minimum Gasteiger partial charge on any atom is -0.477 e. The van der Waals surface area contributed by atoms with Crippen molar-refractivity contribution < 1.29 is 33.1 Å². The highest BCUT2D eigenvalue weighted by Crippen LogP contribution is 2.43. The van der Waals surface area contributed by atoms with Crippen molar-refractivity contribution in [2.75, 3.05) is 19.0 Å². The molecular weight excluding hydrogens is 527 g/mol. The van der Waals surface area contributed by atoms with Crippen molar-refractivity contribution in [2.24, 2.45) is 5.16 Å². The molecule has 0 saturated carbocycles. The first-order valence-electron chi connectivity index (χ1n) is 11.0. The van der Waals surface area contributed by atoms with E-state index in [1.54, 1.807) is 18.2 Å². The summed E-state index contributed by atoms with van der Waals surface area (Å²) < 4.78 is 18.1. The van der Waals surface area contributed by atoms with E-state index in [1.165, 1.54) is 10.3 Å². The van der Waals surface area contributed by atoms with E-state index in [0.29, 0.717) is 28.8 Å². The molecule has 0 unspecified atom stereocenters. The Labute approximate surface area is 216 Å². The smallest absolute Gasteiger partial charge is 0.353 e. The van der Waals surface area contributed by atoms with Gasteiger partial charge in [-0.25, -0.2) is 19.2 Å². The molecule has 0 radical (unpaired) electrons. The van der Waals surface area contributed by atoms with E-state index in [2.05, 4.69) is 20.4 Å². The molecule has 1 saturated heterocycles. The number of aliphatic carboxylic acids is 1. The molecule has 1 aromatic carbocycles. The number of nitrogens with one attached hydrogen (secondary N) is 1. The lowest BCUT2D eigenvalue weighted by Gasteiger charge is -2.49. The Kier molecular flexibility index (Phi) is 6.80. The number of nitrogens with two attached hydrogens (primary N) is 1. The average Bonchev–Trinajstić information content (AvgIpc) is 3.50. The predicted molar refractivity (Wildman–Crippen MR) is 131 cm³/mol. The Morgan fingerprint density at radius 3 is 2.89 bits per heavy atom.